The van der Waals surface area contributed by atoms with Crippen molar-refractivity contribution < 1.29 is 14.3 Å². The number of amides is 2. The van der Waals surface area contributed by atoms with Crippen LogP contribution in [0.15, 0.2) is 54.6 Å². The second-order valence-corrected chi connectivity index (χ2v) is 7.67. The van der Waals surface area contributed by atoms with Crippen molar-refractivity contribution in [2.24, 2.45) is 5.73 Å². The summed E-state index contributed by atoms with van der Waals surface area (Å²) in [5, 5.41) is 7.73. The molecule has 0 aliphatic rings. The third kappa shape index (κ3) is 6.21. The first-order chi connectivity index (χ1) is 15.3. The molecule has 166 valence electrons. The normalized spacial score (nSPS) is 11.0. The van der Waals surface area contributed by atoms with E-state index in [2.05, 4.69) is 10.4 Å². The van der Waals surface area contributed by atoms with E-state index >= 15 is 0 Å². The van der Waals surface area contributed by atoms with Crippen molar-refractivity contribution in [1.82, 2.24) is 9.78 Å². The summed E-state index contributed by atoms with van der Waals surface area (Å²) in [4.78, 5) is 23.4. The topological polar surface area (TPSA) is 99.2 Å². The third-order valence-electron chi connectivity index (χ3n) is 4.71. The molecule has 2 aromatic carbocycles. The Morgan fingerprint density at radius 1 is 1.16 bits per heavy atom. The van der Waals surface area contributed by atoms with Crippen LogP contribution < -0.4 is 15.8 Å². The number of aryl methyl sites for hydroxylation is 2. The van der Waals surface area contributed by atoms with Gasteiger partial charge in [-0.15, -0.1) is 0 Å². The molecule has 0 aliphatic carbocycles. The molecule has 0 saturated heterocycles. The Kier molecular flexibility index (Phi) is 7.68. The number of halogens is 1. The second-order valence-electron chi connectivity index (χ2n) is 7.32. The zero-order valence-corrected chi connectivity index (χ0v) is 18.7. The van der Waals surface area contributed by atoms with Gasteiger partial charge in [-0.1, -0.05) is 53.6 Å². The number of nitrogens with two attached hydrogens (primary N) is 1. The summed E-state index contributed by atoms with van der Waals surface area (Å²) in [6, 6.07) is 15.1. The maximum atomic E-state index is 12.5. The highest BCUT2D eigenvalue weighted by atomic mass is 35.5. The first-order valence-corrected chi connectivity index (χ1v) is 10.5. The number of aromatic nitrogens is 2. The molecule has 0 bridgehead atoms. The molecule has 1 heterocycles. The minimum atomic E-state index is -0.454. The molecular weight excluding hydrogens is 428 g/mol. The summed E-state index contributed by atoms with van der Waals surface area (Å²) < 4.78 is 7.25. The fourth-order valence-electron chi connectivity index (χ4n) is 3.02. The average molecular weight is 453 g/mol. The first-order valence-electron chi connectivity index (χ1n) is 10.1. The number of ether oxygens (including phenoxy) is 1. The van der Waals surface area contributed by atoms with Gasteiger partial charge < -0.3 is 15.8 Å². The SMILES string of the molecule is Cc1ccc(Cn2nc(C)c(/C=C/C(=O)Nc3ccccc3OCCC(N)=O)c2Cl)cc1. The summed E-state index contributed by atoms with van der Waals surface area (Å²) in [5.74, 6) is -0.349. The number of anilines is 1. The number of nitrogens with one attached hydrogen (secondary N) is 1. The fraction of sp³-hybridized carbons (Fsp3) is 0.208. The molecular formula is C24H25ClN4O3. The van der Waals surface area contributed by atoms with E-state index in [9.17, 15) is 9.59 Å². The van der Waals surface area contributed by atoms with Crippen LogP contribution in [0.3, 0.4) is 0 Å². The predicted molar refractivity (Wildman–Crippen MR) is 126 cm³/mol. The molecule has 2 amide bonds. The van der Waals surface area contributed by atoms with E-state index in [1.165, 1.54) is 11.6 Å². The Morgan fingerprint density at radius 3 is 2.59 bits per heavy atom. The minimum Gasteiger partial charge on any atom is -0.491 e. The summed E-state index contributed by atoms with van der Waals surface area (Å²) in [7, 11) is 0. The van der Waals surface area contributed by atoms with Crippen molar-refractivity contribution in [2.45, 2.75) is 26.8 Å². The van der Waals surface area contributed by atoms with Crippen LogP contribution in [0, 0.1) is 13.8 Å². The van der Waals surface area contributed by atoms with Crippen molar-refractivity contribution in [3.63, 3.8) is 0 Å². The van der Waals surface area contributed by atoms with Crippen LogP contribution in [0.1, 0.15) is 28.8 Å². The Bertz CT molecular complexity index is 1140. The summed E-state index contributed by atoms with van der Waals surface area (Å²) in [6.45, 7) is 4.55. The Balaban J connectivity index is 1.68. The number of hydrogen-bond acceptors (Lipinski definition) is 4. The average Bonchev–Trinajstić information content (AvgIpc) is 3.01. The molecule has 3 rings (SSSR count). The van der Waals surface area contributed by atoms with E-state index in [0.717, 1.165) is 11.3 Å². The highest BCUT2D eigenvalue weighted by molar-refractivity contribution is 6.31. The maximum absolute atomic E-state index is 12.5. The van der Waals surface area contributed by atoms with Gasteiger partial charge >= 0.3 is 0 Å². The minimum absolute atomic E-state index is 0.0898. The molecule has 0 radical (unpaired) electrons. The molecule has 0 spiro atoms. The number of carbonyl (C=O) groups excluding carboxylic acids is 2. The molecule has 0 fully saturated rings. The first kappa shape index (κ1) is 23.1. The lowest BCUT2D eigenvalue weighted by Gasteiger charge is -2.10. The monoisotopic (exact) mass is 452 g/mol. The Hall–Kier alpha value is -3.58. The number of para-hydroxylation sites is 2. The molecule has 3 aromatic rings. The number of primary amides is 1. The molecule has 8 heteroatoms. The van der Waals surface area contributed by atoms with E-state index < -0.39 is 5.91 Å². The van der Waals surface area contributed by atoms with Crippen molar-refractivity contribution >= 4 is 35.2 Å². The number of carbonyl (C=O) groups is 2. The van der Waals surface area contributed by atoms with E-state index in [-0.39, 0.29) is 18.9 Å². The van der Waals surface area contributed by atoms with Crippen LogP contribution in [0.4, 0.5) is 5.69 Å². The summed E-state index contributed by atoms with van der Waals surface area (Å²) in [6.07, 6.45) is 3.13. The lowest BCUT2D eigenvalue weighted by molar-refractivity contribution is -0.118. The number of hydrogen-bond donors (Lipinski definition) is 2. The maximum Gasteiger partial charge on any atom is 0.248 e. The molecule has 1 aromatic heterocycles. The van der Waals surface area contributed by atoms with Gasteiger partial charge in [0.05, 0.1) is 31.0 Å². The number of rotatable bonds is 9. The van der Waals surface area contributed by atoms with Gasteiger partial charge in [0.25, 0.3) is 0 Å². The van der Waals surface area contributed by atoms with E-state index in [1.807, 2.05) is 38.1 Å². The third-order valence-corrected chi connectivity index (χ3v) is 5.11. The van der Waals surface area contributed by atoms with Crippen LogP contribution >= 0.6 is 11.6 Å². The van der Waals surface area contributed by atoms with Gasteiger partial charge in [-0.25, -0.2) is 4.68 Å². The van der Waals surface area contributed by atoms with Gasteiger partial charge in [0.1, 0.15) is 10.9 Å². The summed E-state index contributed by atoms with van der Waals surface area (Å²) in [5.41, 5.74) is 9.29. The van der Waals surface area contributed by atoms with Gasteiger partial charge in [0.15, 0.2) is 0 Å². The van der Waals surface area contributed by atoms with Crippen molar-refractivity contribution in [3.05, 3.63) is 82.1 Å². The molecule has 0 saturated carbocycles. The van der Waals surface area contributed by atoms with Crippen LogP contribution in [0.25, 0.3) is 6.08 Å². The van der Waals surface area contributed by atoms with Gasteiger partial charge in [0.2, 0.25) is 11.8 Å². The largest absolute Gasteiger partial charge is 0.491 e. The number of nitrogens with zero attached hydrogens (tertiary/aromatic N) is 2. The highest BCUT2D eigenvalue weighted by Crippen LogP contribution is 2.25. The quantitative estimate of drug-likeness (QED) is 0.477. The molecule has 0 aliphatic heterocycles. The van der Waals surface area contributed by atoms with Gasteiger partial charge in [-0.2, -0.15) is 5.10 Å². The van der Waals surface area contributed by atoms with Crippen molar-refractivity contribution in [3.8, 4) is 5.75 Å². The molecule has 0 atom stereocenters. The van der Waals surface area contributed by atoms with Crippen LogP contribution in [-0.4, -0.2) is 28.2 Å². The zero-order valence-electron chi connectivity index (χ0n) is 18.0. The standard InChI is InChI=1S/C24H25ClN4O3/c1-16-7-9-18(10-8-16)15-29-24(25)19(17(2)28-29)11-12-23(31)27-20-5-3-4-6-21(20)32-14-13-22(26)30/h3-12H,13-15H2,1-2H3,(H2,26,30)(H,27,31)/b12-11+. The smallest absolute Gasteiger partial charge is 0.248 e. The second kappa shape index (κ2) is 10.6. The van der Waals surface area contributed by atoms with Gasteiger partial charge in [0, 0.05) is 11.6 Å². The molecule has 7 nitrogen and oxygen atoms in total. The Labute approximate surface area is 191 Å². The van der Waals surface area contributed by atoms with Crippen LogP contribution in [-0.2, 0) is 16.1 Å². The zero-order chi connectivity index (χ0) is 23.1. The van der Waals surface area contributed by atoms with Gasteiger partial charge in [-0.05, 0) is 37.6 Å². The Morgan fingerprint density at radius 2 is 1.88 bits per heavy atom. The van der Waals surface area contributed by atoms with E-state index in [1.54, 1.807) is 35.0 Å². The predicted octanol–water partition coefficient (Wildman–Crippen LogP) is 4.11. The van der Waals surface area contributed by atoms with Crippen LogP contribution in [0.2, 0.25) is 5.15 Å². The van der Waals surface area contributed by atoms with Crippen molar-refractivity contribution in [1.29, 1.82) is 0 Å². The lowest BCUT2D eigenvalue weighted by atomic mass is 10.1. The fourth-order valence-corrected chi connectivity index (χ4v) is 3.32. The molecule has 3 N–H and O–H groups in total. The highest BCUT2D eigenvalue weighted by Gasteiger charge is 2.12. The lowest BCUT2D eigenvalue weighted by Crippen LogP contribution is -2.15. The van der Waals surface area contributed by atoms with Gasteiger partial charge in [-0.3, -0.25) is 9.59 Å². The van der Waals surface area contributed by atoms with E-state index in [4.69, 9.17) is 22.1 Å². The van der Waals surface area contributed by atoms with Crippen molar-refractivity contribution in [2.75, 3.05) is 11.9 Å². The number of benzene rings is 2. The molecule has 32 heavy (non-hydrogen) atoms. The van der Waals surface area contributed by atoms with Crippen LogP contribution in [0.5, 0.6) is 5.75 Å². The summed E-state index contributed by atoms with van der Waals surface area (Å²) >= 11 is 6.52. The molecule has 0 unspecified atom stereocenters. The van der Waals surface area contributed by atoms with E-state index in [0.29, 0.717) is 28.7 Å².